The van der Waals surface area contributed by atoms with Crippen LogP contribution in [0.4, 0.5) is 18.3 Å². The van der Waals surface area contributed by atoms with Gasteiger partial charge in [-0.05, 0) is 27.8 Å². The maximum atomic E-state index is 12.3. The number of anilines is 1. The lowest BCUT2D eigenvalue weighted by Crippen LogP contribution is -2.46. The van der Waals surface area contributed by atoms with Crippen molar-refractivity contribution < 1.29 is 23.1 Å². The minimum Gasteiger partial charge on any atom is -0.382 e. The third-order valence-corrected chi connectivity index (χ3v) is 4.13. The van der Waals surface area contributed by atoms with Gasteiger partial charge in [0.2, 0.25) is 5.91 Å². The fraction of sp³-hybridized carbons (Fsp3) is 0.667. The Balaban J connectivity index is 2.61. The normalized spacial score (nSPS) is 15.1. The van der Waals surface area contributed by atoms with Gasteiger partial charge in [-0.2, -0.15) is 13.2 Å². The molecule has 0 spiro atoms. The van der Waals surface area contributed by atoms with Crippen molar-refractivity contribution in [2.24, 2.45) is 0 Å². The maximum absolute atomic E-state index is 12.3. The van der Waals surface area contributed by atoms with Crippen molar-refractivity contribution in [3.63, 3.8) is 0 Å². The molecule has 21 heavy (non-hydrogen) atoms. The summed E-state index contributed by atoms with van der Waals surface area (Å²) < 4.78 is 36.8. The van der Waals surface area contributed by atoms with Gasteiger partial charge in [0.25, 0.3) is 0 Å². The van der Waals surface area contributed by atoms with Crippen LogP contribution < -0.4 is 5.32 Å². The third-order valence-electron chi connectivity index (χ3n) is 3.14. The number of aromatic nitrogens is 1. The second kappa shape index (κ2) is 6.71. The summed E-state index contributed by atoms with van der Waals surface area (Å²) in [7, 11) is 1.34. The summed E-state index contributed by atoms with van der Waals surface area (Å²) in [5, 5.41) is 12.0. The number of aliphatic hydroxyl groups excluding tert-OH is 1. The Bertz CT molecular complexity index is 485. The van der Waals surface area contributed by atoms with Crippen molar-refractivity contribution in [3.05, 3.63) is 10.6 Å². The van der Waals surface area contributed by atoms with Crippen molar-refractivity contribution in [1.29, 1.82) is 0 Å². The second-order valence-corrected chi connectivity index (χ2v) is 6.03. The lowest BCUT2D eigenvalue weighted by atomic mass is 10.2. The first-order chi connectivity index (χ1) is 9.52. The molecule has 1 aromatic rings. The van der Waals surface area contributed by atoms with Gasteiger partial charge in [-0.25, -0.2) is 4.98 Å². The Kier molecular flexibility index (Phi) is 5.71. The van der Waals surface area contributed by atoms with Crippen LogP contribution in [0.3, 0.4) is 0 Å². The molecule has 2 unspecified atom stereocenters. The number of aliphatic hydroxyl groups is 1. The average molecular weight is 325 g/mol. The lowest BCUT2D eigenvalue weighted by molar-refractivity contribution is -0.208. The van der Waals surface area contributed by atoms with Crippen LogP contribution >= 0.6 is 11.3 Å². The number of aryl methyl sites for hydroxylation is 2. The number of carbonyl (C=O) groups is 1. The van der Waals surface area contributed by atoms with Gasteiger partial charge in [0.05, 0.1) is 11.7 Å². The highest BCUT2D eigenvalue weighted by Gasteiger charge is 2.39. The predicted molar refractivity (Wildman–Crippen MR) is 74.4 cm³/mol. The summed E-state index contributed by atoms with van der Waals surface area (Å²) in [5.74, 6) is -0.472. The topological polar surface area (TPSA) is 65.5 Å². The summed E-state index contributed by atoms with van der Waals surface area (Å²) in [6.45, 7) is 4.45. The molecule has 0 aliphatic rings. The Morgan fingerprint density at radius 3 is 2.48 bits per heavy atom. The Morgan fingerprint density at radius 2 is 2.05 bits per heavy atom. The number of rotatable bonds is 5. The number of nitrogens with one attached hydrogen (secondary N) is 1. The molecule has 5 nitrogen and oxygen atoms in total. The monoisotopic (exact) mass is 325 g/mol. The van der Waals surface area contributed by atoms with Crippen LogP contribution in [-0.2, 0) is 4.79 Å². The predicted octanol–water partition coefficient (Wildman–Crippen LogP) is 1.94. The van der Waals surface area contributed by atoms with E-state index in [2.05, 4.69) is 10.3 Å². The van der Waals surface area contributed by atoms with E-state index in [-0.39, 0.29) is 0 Å². The summed E-state index contributed by atoms with van der Waals surface area (Å²) >= 11 is 1.30. The van der Waals surface area contributed by atoms with E-state index in [1.807, 2.05) is 6.92 Å². The van der Waals surface area contributed by atoms with Gasteiger partial charge in [0.1, 0.15) is 0 Å². The summed E-state index contributed by atoms with van der Waals surface area (Å²) in [6, 6.07) is -0.827. The van der Waals surface area contributed by atoms with Crippen LogP contribution in [0, 0.1) is 13.8 Å². The zero-order valence-electron chi connectivity index (χ0n) is 12.2. The number of thiazole rings is 1. The first-order valence-corrected chi connectivity index (χ1v) is 7.04. The molecule has 0 aliphatic heterocycles. The molecule has 0 fully saturated rings. The van der Waals surface area contributed by atoms with E-state index in [0.717, 1.165) is 15.5 Å². The van der Waals surface area contributed by atoms with Crippen LogP contribution in [0.25, 0.3) is 0 Å². The smallest absolute Gasteiger partial charge is 0.382 e. The molecular weight excluding hydrogens is 307 g/mol. The van der Waals surface area contributed by atoms with Crippen molar-refractivity contribution in [1.82, 2.24) is 9.88 Å². The summed E-state index contributed by atoms with van der Waals surface area (Å²) in [4.78, 5) is 18.2. The molecule has 2 N–H and O–H groups in total. The van der Waals surface area contributed by atoms with Crippen molar-refractivity contribution in [2.45, 2.75) is 39.1 Å². The van der Waals surface area contributed by atoms with E-state index in [0.29, 0.717) is 5.13 Å². The molecule has 1 heterocycles. The van der Waals surface area contributed by atoms with Gasteiger partial charge in [-0.1, -0.05) is 0 Å². The molecule has 1 aromatic heterocycles. The van der Waals surface area contributed by atoms with Gasteiger partial charge in [-0.3, -0.25) is 9.69 Å². The molecule has 120 valence electrons. The van der Waals surface area contributed by atoms with Gasteiger partial charge in [0.15, 0.2) is 11.2 Å². The fourth-order valence-electron chi connectivity index (χ4n) is 1.47. The molecule has 9 heteroatoms. The van der Waals surface area contributed by atoms with Crippen LogP contribution in [-0.4, -0.2) is 52.8 Å². The minimum atomic E-state index is -4.70. The number of alkyl halides is 3. The number of nitrogens with zero attached hydrogens (tertiary/aromatic N) is 2. The minimum absolute atomic E-state index is 0.409. The fourth-order valence-corrected chi connectivity index (χ4v) is 2.29. The van der Waals surface area contributed by atoms with Crippen LogP contribution in [0.2, 0.25) is 0 Å². The zero-order chi connectivity index (χ0) is 16.4. The van der Waals surface area contributed by atoms with E-state index >= 15 is 0 Å². The highest BCUT2D eigenvalue weighted by atomic mass is 32.1. The number of hydrogen-bond donors (Lipinski definition) is 2. The molecule has 0 radical (unpaired) electrons. The molecule has 0 saturated carbocycles. The standard InChI is InChI=1S/C12H18F3N3O2S/c1-6-8(3)21-11(16-6)17-10(20)7(2)18(4)5-9(19)12(13,14)15/h7,9,19H,5H2,1-4H3,(H,16,17,20). The van der Waals surface area contributed by atoms with E-state index < -0.39 is 30.8 Å². The first kappa shape index (κ1) is 17.9. The van der Waals surface area contributed by atoms with Crippen LogP contribution in [0.15, 0.2) is 0 Å². The van der Waals surface area contributed by atoms with Gasteiger partial charge in [0, 0.05) is 11.4 Å². The van der Waals surface area contributed by atoms with Gasteiger partial charge >= 0.3 is 6.18 Å². The molecule has 0 aliphatic carbocycles. The van der Waals surface area contributed by atoms with Crippen molar-refractivity contribution >= 4 is 22.4 Å². The molecule has 0 bridgehead atoms. The number of likely N-dealkylation sites (N-methyl/N-ethyl adjacent to an activating group) is 1. The molecule has 1 amide bonds. The van der Waals surface area contributed by atoms with Crippen molar-refractivity contribution in [2.75, 3.05) is 18.9 Å². The lowest BCUT2D eigenvalue weighted by Gasteiger charge is -2.26. The average Bonchev–Trinajstić information content (AvgIpc) is 2.65. The number of amides is 1. The summed E-state index contributed by atoms with van der Waals surface area (Å²) in [5.41, 5.74) is 0.795. The van der Waals surface area contributed by atoms with E-state index in [9.17, 15) is 18.0 Å². The molecule has 2 atom stereocenters. The van der Waals surface area contributed by atoms with Gasteiger partial charge < -0.3 is 10.4 Å². The van der Waals surface area contributed by atoms with Crippen LogP contribution in [0.1, 0.15) is 17.5 Å². The van der Waals surface area contributed by atoms with Gasteiger partial charge in [-0.15, -0.1) is 11.3 Å². The third kappa shape index (κ3) is 4.94. The highest BCUT2D eigenvalue weighted by molar-refractivity contribution is 7.15. The number of hydrogen-bond acceptors (Lipinski definition) is 5. The molecule has 0 saturated heterocycles. The van der Waals surface area contributed by atoms with E-state index in [1.165, 1.54) is 25.3 Å². The Labute approximate surface area is 124 Å². The summed E-state index contributed by atoms with van der Waals surface area (Å²) in [6.07, 6.45) is -7.18. The second-order valence-electron chi connectivity index (χ2n) is 4.82. The molecular formula is C12H18F3N3O2S. The number of carbonyl (C=O) groups excluding carboxylic acids is 1. The van der Waals surface area contributed by atoms with E-state index in [4.69, 9.17) is 5.11 Å². The highest BCUT2D eigenvalue weighted by Crippen LogP contribution is 2.22. The maximum Gasteiger partial charge on any atom is 0.415 e. The largest absolute Gasteiger partial charge is 0.415 e. The Hall–Kier alpha value is -1.19. The molecule has 0 aromatic carbocycles. The Morgan fingerprint density at radius 1 is 1.48 bits per heavy atom. The first-order valence-electron chi connectivity index (χ1n) is 6.22. The SMILES string of the molecule is Cc1nc(NC(=O)C(C)N(C)CC(O)C(F)(F)F)sc1C. The quantitative estimate of drug-likeness (QED) is 0.868. The zero-order valence-corrected chi connectivity index (χ0v) is 13.0. The van der Waals surface area contributed by atoms with Crippen molar-refractivity contribution in [3.8, 4) is 0 Å². The van der Waals surface area contributed by atoms with E-state index in [1.54, 1.807) is 6.92 Å². The number of halogens is 3. The molecule has 1 rings (SSSR count). The van der Waals surface area contributed by atoms with Crippen LogP contribution in [0.5, 0.6) is 0 Å².